The maximum atomic E-state index is 13.3. The van der Waals surface area contributed by atoms with Gasteiger partial charge >= 0.3 is 12.0 Å². The van der Waals surface area contributed by atoms with E-state index in [2.05, 4.69) is 9.47 Å². The summed E-state index contributed by atoms with van der Waals surface area (Å²) in [6, 6.07) is -1.08. The first-order valence-corrected chi connectivity index (χ1v) is 3.82. The van der Waals surface area contributed by atoms with E-state index in [0.717, 1.165) is 12.1 Å². The monoisotopic (exact) mass is 216 g/mol. The van der Waals surface area contributed by atoms with E-state index in [0.29, 0.717) is 0 Å². The van der Waals surface area contributed by atoms with Crippen molar-refractivity contribution in [3.05, 3.63) is 35.5 Å². The summed E-state index contributed by atoms with van der Waals surface area (Å²) in [5, 5.41) is 0. The summed E-state index contributed by atoms with van der Waals surface area (Å²) in [4.78, 5) is 10.3. The van der Waals surface area contributed by atoms with Gasteiger partial charge in [-0.05, 0) is 12.1 Å². The van der Waals surface area contributed by atoms with Crippen molar-refractivity contribution in [2.45, 2.75) is 0 Å². The molecule has 0 spiro atoms. The minimum Gasteiger partial charge on any atom is -0.423 e. The van der Waals surface area contributed by atoms with Crippen LogP contribution in [-0.4, -0.2) is 6.29 Å². The number of fused-ring (bicyclic) bond motifs is 1. The minimum absolute atomic E-state index is 0.228. The number of benzene rings is 1. The van der Waals surface area contributed by atoms with Crippen LogP contribution in [0.2, 0.25) is 0 Å². The molecule has 1 aliphatic heterocycles. The summed E-state index contributed by atoms with van der Waals surface area (Å²) >= 11 is 0. The molecule has 1 heterocycles. The third kappa shape index (κ3) is 1.43. The number of hydrogen-bond donors (Lipinski definition) is 0. The number of ether oxygens (including phenoxy) is 2. The third-order valence-electron chi connectivity index (χ3n) is 1.76. The van der Waals surface area contributed by atoms with E-state index in [1.54, 1.807) is 0 Å². The Hall–Kier alpha value is -1.98. The van der Waals surface area contributed by atoms with Crippen molar-refractivity contribution >= 4 is 6.29 Å². The second-order valence-electron chi connectivity index (χ2n) is 2.67. The minimum atomic E-state index is -1.68. The Kier molecular flexibility index (Phi) is 2.11. The van der Waals surface area contributed by atoms with E-state index in [1.165, 1.54) is 0 Å². The molecule has 0 N–H and O–H groups in total. The fourth-order valence-electron chi connectivity index (χ4n) is 1.09. The molecule has 0 saturated heterocycles. The van der Waals surface area contributed by atoms with Crippen molar-refractivity contribution < 1.29 is 27.4 Å². The molecule has 0 atom stereocenters. The summed E-state index contributed by atoms with van der Waals surface area (Å²) < 4.78 is 46.9. The van der Waals surface area contributed by atoms with Gasteiger partial charge < -0.3 is 9.47 Å². The molecule has 0 radical (unpaired) electrons. The van der Waals surface area contributed by atoms with Crippen LogP contribution in [0, 0.1) is 5.82 Å². The Balaban J connectivity index is 2.55. The van der Waals surface area contributed by atoms with Crippen LogP contribution in [0.5, 0.6) is 11.5 Å². The van der Waals surface area contributed by atoms with Crippen molar-refractivity contribution in [2.24, 2.45) is 0 Å². The molecule has 6 heteroatoms. The second kappa shape index (κ2) is 3.30. The molecule has 0 aliphatic carbocycles. The summed E-state index contributed by atoms with van der Waals surface area (Å²) in [6.07, 6.45) is 0.228. The number of carbonyl (C=O) groups is 1. The molecule has 0 fully saturated rings. The third-order valence-corrected chi connectivity index (χ3v) is 1.76. The van der Waals surface area contributed by atoms with Crippen LogP contribution < -0.4 is 9.47 Å². The smallest absolute Gasteiger partial charge is 0.352 e. The molecular weight excluding hydrogens is 213 g/mol. The topological polar surface area (TPSA) is 35.5 Å². The lowest BCUT2D eigenvalue weighted by atomic mass is 10.2. The van der Waals surface area contributed by atoms with E-state index < -0.39 is 23.6 Å². The second-order valence-corrected chi connectivity index (χ2v) is 2.67. The molecule has 0 aromatic heterocycles. The van der Waals surface area contributed by atoms with Gasteiger partial charge in [-0.2, -0.15) is 8.78 Å². The SMILES string of the molecule is O=Cc1ccc2c(c1F)OC(F)=C(F)O2. The maximum absolute atomic E-state index is 13.3. The summed E-state index contributed by atoms with van der Waals surface area (Å²) in [7, 11) is 0. The predicted octanol–water partition coefficient (Wildman–Crippen LogP) is 2.48. The van der Waals surface area contributed by atoms with E-state index >= 15 is 0 Å². The highest BCUT2D eigenvalue weighted by Crippen LogP contribution is 2.38. The highest BCUT2D eigenvalue weighted by molar-refractivity contribution is 5.77. The first-order valence-electron chi connectivity index (χ1n) is 3.82. The Morgan fingerprint density at radius 3 is 2.40 bits per heavy atom. The number of halogens is 3. The fourth-order valence-corrected chi connectivity index (χ4v) is 1.09. The van der Waals surface area contributed by atoms with Gasteiger partial charge in [0.25, 0.3) is 0 Å². The van der Waals surface area contributed by atoms with Gasteiger partial charge in [0.05, 0.1) is 5.56 Å². The van der Waals surface area contributed by atoms with Gasteiger partial charge in [0.1, 0.15) is 0 Å². The van der Waals surface area contributed by atoms with Gasteiger partial charge in [-0.1, -0.05) is 0 Å². The largest absolute Gasteiger partial charge is 0.423 e. The zero-order valence-electron chi connectivity index (χ0n) is 7.09. The molecule has 0 amide bonds. The lowest BCUT2D eigenvalue weighted by Crippen LogP contribution is -2.08. The lowest BCUT2D eigenvalue weighted by molar-refractivity contribution is 0.111. The van der Waals surface area contributed by atoms with Gasteiger partial charge in [-0.15, -0.1) is 0 Å². The quantitative estimate of drug-likeness (QED) is 0.676. The maximum Gasteiger partial charge on any atom is 0.352 e. The average Bonchev–Trinajstić information content (AvgIpc) is 2.22. The van der Waals surface area contributed by atoms with E-state index in [1.807, 2.05) is 0 Å². The molecule has 78 valence electrons. The molecule has 2 rings (SSSR count). The molecule has 1 aromatic rings. The molecular formula is C9H3F3O3. The highest BCUT2D eigenvalue weighted by atomic mass is 19.2. The van der Waals surface area contributed by atoms with Gasteiger partial charge in [0.2, 0.25) is 5.75 Å². The Labute approximate surface area is 81.7 Å². The lowest BCUT2D eigenvalue weighted by Gasteiger charge is -2.15. The van der Waals surface area contributed by atoms with Gasteiger partial charge in [-0.3, -0.25) is 4.79 Å². The van der Waals surface area contributed by atoms with Crippen LogP contribution in [0.3, 0.4) is 0 Å². The Bertz CT molecular complexity index is 468. The summed E-state index contributed by atoms with van der Waals surface area (Å²) in [6.45, 7) is 0. The standard InChI is InChI=1S/C9H3F3O3/c10-6-4(3-13)1-2-5-7(6)15-9(12)8(11)14-5/h1-3H. The van der Waals surface area contributed by atoms with Crippen molar-refractivity contribution in [1.29, 1.82) is 0 Å². The first kappa shape index (κ1) is 9.57. The van der Waals surface area contributed by atoms with E-state index in [-0.39, 0.29) is 17.6 Å². The number of rotatable bonds is 1. The number of aldehydes is 1. The van der Waals surface area contributed by atoms with Crippen LogP contribution in [0.15, 0.2) is 24.2 Å². The van der Waals surface area contributed by atoms with Crippen molar-refractivity contribution in [2.75, 3.05) is 0 Å². The van der Waals surface area contributed by atoms with Crippen LogP contribution in [-0.2, 0) is 0 Å². The molecule has 3 nitrogen and oxygen atoms in total. The average molecular weight is 216 g/mol. The molecule has 1 aliphatic rings. The summed E-state index contributed by atoms with van der Waals surface area (Å²) in [5.74, 6) is -2.05. The van der Waals surface area contributed by atoms with Crippen LogP contribution >= 0.6 is 0 Å². The molecule has 15 heavy (non-hydrogen) atoms. The predicted molar refractivity (Wildman–Crippen MR) is 42.3 cm³/mol. The zero-order chi connectivity index (χ0) is 11.0. The zero-order valence-corrected chi connectivity index (χ0v) is 7.09. The van der Waals surface area contributed by atoms with Crippen LogP contribution in [0.25, 0.3) is 0 Å². The van der Waals surface area contributed by atoms with Gasteiger partial charge in [0.15, 0.2) is 17.9 Å². The molecule has 1 aromatic carbocycles. The highest BCUT2D eigenvalue weighted by Gasteiger charge is 2.26. The molecule has 0 unspecified atom stereocenters. The fraction of sp³-hybridized carbons (Fsp3) is 0. The summed E-state index contributed by atoms with van der Waals surface area (Å²) in [5.41, 5.74) is -0.326. The molecule has 0 bridgehead atoms. The first-order chi connectivity index (χ1) is 7.13. The molecule has 0 saturated carbocycles. The van der Waals surface area contributed by atoms with Crippen molar-refractivity contribution in [3.8, 4) is 11.5 Å². The van der Waals surface area contributed by atoms with Gasteiger partial charge in [-0.25, -0.2) is 4.39 Å². The van der Waals surface area contributed by atoms with Gasteiger partial charge in [0, 0.05) is 0 Å². The van der Waals surface area contributed by atoms with Crippen LogP contribution in [0.1, 0.15) is 10.4 Å². The number of hydrogen-bond acceptors (Lipinski definition) is 3. The Morgan fingerprint density at radius 1 is 1.07 bits per heavy atom. The normalized spacial score (nSPS) is 14.1. The number of carbonyl (C=O) groups excluding carboxylic acids is 1. The van der Waals surface area contributed by atoms with E-state index in [9.17, 15) is 18.0 Å². The van der Waals surface area contributed by atoms with Crippen molar-refractivity contribution in [3.63, 3.8) is 0 Å². The van der Waals surface area contributed by atoms with E-state index in [4.69, 9.17) is 0 Å². The van der Waals surface area contributed by atoms with Crippen molar-refractivity contribution in [1.82, 2.24) is 0 Å². The Morgan fingerprint density at radius 2 is 1.73 bits per heavy atom. The van der Waals surface area contributed by atoms with Crippen LogP contribution in [0.4, 0.5) is 13.2 Å².